The molecule has 5 N–H and O–H groups in total. The number of benzene rings is 1. The van der Waals surface area contributed by atoms with E-state index in [9.17, 15) is 9.67 Å². The van der Waals surface area contributed by atoms with Crippen LogP contribution >= 0.6 is 37.4 Å². The Morgan fingerprint density at radius 1 is 1.38 bits per heavy atom. The number of fused-ring (bicyclic) bond motifs is 1. The minimum atomic E-state index is -4.46. The summed E-state index contributed by atoms with van der Waals surface area (Å²) in [5.74, 6) is -0.971. The van der Waals surface area contributed by atoms with Crippen LogP contribution in [0.2, 0.25) is 0 Å². The summed E-state index contributed by atoms with van der Waals surface area (Å²) in [6.45, 7) is 0.499. The van der Waals surface area contributed by atoms with Gasteiger partial charge in [-0.3, -0.25) is 4.57 Å². The summed E-state index contributed by atoms with van der Waals surface area (Å²) in [5, 5.41) is 9.67. The van der Waals surface area contributed by atoms with Crippen molar-refractivity contribution in [2.24, 2.45) is 0 Å². The minimum Gasteiger partial charge on any atom is -1.00 e. The second-order valence-electron chi connectivity index (χ2n) is 4.81. The van der Waals surface area contributed by atoms with Crippen LogP contribution in [-0.2, 0) is 9.13 Å². The van der Waals surface area contributed by atoms with E-state index in [1.807, 2.05) is 24.5 Å². The van der Waals surface area contributed by atoms with Gasteiger partial charge in [-0.15, -0.1) is 9.79 Å². The predicted octanol–water partition coefficient (Wildman–Crippen LogP) is -3.33. The Labute approximate surface area is 207 Å². The maximum Gasteiger partial charge on any atom is 1.00 e. The van der Waals surface area contributed by atoms with Crippen LogP contribution in [0.3, 0.4) is 0 Å². The van der Waals surface area contributed by atoms with Gasteiger partial charge in [0.2, 0.25) is 0 Å². The molecule has 140 valence electrons. The molecule has 2 unspecified atom stereocenters. The van der Waals surface area contributed by atoms with Gasteiger partial charge in [-0.1, -0.05) is 27.7 Å². The van der Waals surface area contributed by atoms with Gasteiger partial charge in [0, 0.05) is 15.0 Å². The van der Waals surface area contributed by atoms with Gasteiger partial charge in [-0.05, 0) is 37.1 Å². The van der Waals surface area contributed by atoms with E-state index in [0.717, 1.165) is 16.2 Å². The topological polar surface area (TPSA) is 145 Å². The first-order valence-corrected chi connectivity index (χ1v) is 12.1. The zero-order valence-corrected chi connectivity index (χ0v) is 22.1. The third kappa shape index (κ3) is 10.6. The van der Waals surface area contributed by atoms with Gasteiger partial charge in [0.25, 0.3) is 0 Å². The van der Waals surface area contributed by atoms with Gasteiger partial charge in [0.15, 0.2) is 5.85 Å². The van der Waals surface area contributed by atoms with E-state index in [0.29, 0.717) is 13.0 Å². The summed E-state index contributed by atoms with van der Waals surface area (Å²) in [6, 6.07) is 5.72. The molecular weight excluding hydrogens is 444 g/mol. The molecule has 2 atom stereocenters. The Bertz CT molecular complexity index is 625. The standard InChI is InChI=1S/C12H17O5PS2.2Na.HO3P.2H/c1-19-20-10-4-2-3-9-12(10)8(5-6-17-9)7-11(13)18(14,15)16;;;1-4(2)3;;/h2-4,8,11,13H,5-7H2,1H3,(H2,14,15,16);;;(H-,1,2,3);;/q;2*+1;;2*-1/p+1. The van der Waals surface area contributed by atoms with Crippen LogP contribution < -0.4 is 63.9 Å². The van der Waals surface area contributed by atoms with Crippen LogP contribution in [0.5, 0.6) is 5.75 Å². The molecule has 0 fully saturated rings. The van der Waals surface area contributed by atoms with Crippen LogP contribution in [0.15, 0.2) is 23.1 Å². The zero-order valence-electron chi connectivity index (χ0n) is 16.7. The number of rotatable bonds is 5. The average Bonchev–Trinajstić information content (AvgIpc) is 2.46. The van der Waals surface area contributed by atoms with Crippen molar-refractivity contribution >= 4 is 37.4 Å². The number of aliphatic hydroxyl groups is 1. The van der Waals surface area contributed by atoms with Crippen LogP contribution in [0.25, 0.3) is 0 Å². The summed E-state index contributed by atoms with van der Waals surface area (Å²) >= 11 is 0. The van der Waals surface area contributed by atoms with Crippen molar-refractivity contribution in [2.45, 2.75) is 29.5 Å². The van der Waals surface area contributed by atoms with Crippen LogP contribution in [0, 0.1) is 0 Å². The number of hydrogen-bond donors (Lipinski definition) is 5. The first-order chi connectivity index (χ1) is 11.2. The quantitative estimate of drug-likeness (QED) is 0.170. The van der Waals surface area contributed by atoms with E-state index in [-0.39, 0.29) is 74.3 Å². The molecule has 0 bridgehead atoms. The molecule has 0 aliphatic carbocycles. The molecule has 0 radical (unpaired) electrons. The third-order valence-corrected chi connectivity index (χ3v) is 5.94. The van der Waals surface area contributed by atoms with Gasteiger partial charge in [0.05, 0.1) is 6.61 Å². The fraction of sp³-hybridized carbons (Fsp3) is 0.500. The number of aliphatic hydroxyl groups excluding tert-OH is 1. The molecule has 0 amide bonds. The third-order valence-electron chi connectivity index (χ3n) is 3.21. The van der Waals surface area contributed by atoms with E-state index >= 15 is 0 Å². The molecule has 1 aliphatic rings. The van der Waals surface area contributed by atoms with Crippen molar-refractivity contribution in [3.63, 3.8) is 0 Å². The smallest absolute Gasteiger partial charge is 1.00 e. The average molecular weight is 465 g/mol. The van der Waals surface area contributed by atoms with Gasteiger partial charge < -0.3 is 22.5 Å². The summed E-state index contributed by atoms with van der Waals surface area (Å²) in [5.41, 5.74) is 0.950. The predicted molar refractivity (Wildman–Crippen MR) is 95.6 cm³/mol. The fourth-order valence-electron chi connectivity index (χ4n) is 2.30. The zero-order chi connectivity index (χ0) is 18.3. The van der Waals surface area contributed by atoms with Gasteiger partial charge in [0.1, 0.15) is 5.75 Å². The maximum atomic E-state index is 11.1. The molecule has 0 aromatic heterocycles. The molecule has 0 saturated heterocycles. The first kappa shape index (κ1) is 30.0. The molecule has 0 spiro atoms. The van der Waals surface area contributed by atoms with Crippen molar-refractivity contribution in [3.8, 4) is 5.75 Å². The van der Waals surface area contributed by atoms with Crippen LogP contribution in [-0.4, -0.2) is 43.4 Å². The van der Waals surface area contributed by atoms with Crippen molar-refractivity contribution < 1.29 is 101 Å². The number of hydrogen-bond acceptors (Lipinski definition) is 6. The Balaban J connectivity index is -0.000000330. The Kier molecular flexibility index (Phi) is 17.1. The normalized spacial score (nSPS) is 16.5. The number of ether oxygens (including phenoxy) is 1. The van der Waals surface area contributed by atoms with E-state index in [1.165, 1.54) is 0 Å². The van der Waals surface area contributed by atoms with E-state index < -0.39 is 21.7 Å². The summed E-state index contributed by atoms with van der Waals surface area (Å²) < 4.78 is 25.4. The molecule has 26 heavy (non-hydrogen) atoms. The van der Waals surface area contributed by atoms with Gasteiger partial charge in [-0.2, -0.15) is 0 Å². The molecule has 8 nitrogen and oxygen atoms in total. The Hall–Kier alpha value is 1.85. The fourth-order valence-corrected chi connectivity index (χ4v) is 4.47. The second-order valence-corrected chi connectivity index (χ2v) is 9.53. The van der Waals surface area contributed by atoms with E-state index in [2.05, 4.69) is 0 Å². The molecule has 1 aliphatic heterocycles. The van der Waals surface area contributed by atoms with Crippen molar-refractivity contribution in [1.82, 2.24) is 0 Å². The first-order valence-electron chi connectivity index (χ1n) is 6.71. The van der Waals surface area contributed by atoms with Gasteiger partial charge in [-0.25, -0.2) is 0 Å². The SMILES string of the molecule is CSSc1cccc2c1C(CC(O)P(=O)(O)O)CCO2.O=[P+](O)O.[H-].[H-].[Na+].[Na+]. The summed E-state index contributed by atoms with van der Waals surface area (Å²) in [6.07, 6.45) is 2.66. The van der Waals surface area contributed by atoms with Gasteiger partial charge >= 0.3 is 75.0 Å². The van der Waals surface area contributed by atoms with Crippen LogP contribution in [0.4, 0.5) is 0 Å². The molecule has 1 aromatic rings. The Morgan fingerprint density at radius 2 is 1.96 bits per heavy atom. The molecule has 1 heterocycles. The molecule has 14 heteroatoms. The summed E-state index contributed by atoms with van der Waals surface area (Å²) in [4.78, 5) is 33.4. The van der Waals surface area contributed by atoms with Crippen molar-refractivity contribution in [3.05, 3.63) is 23.8 Å². The van der Waals surface area contributed by atoms with Crippen molar-refractivity contribution in [1.29, 1.82) is 0 Å². The van der Waals surface area contributed by atoms with E-state index in [1.54, 1.807) is 21.6 Å². The summed E-state index contributed by atoms with van der Waals surface area (Å²) in [7, 11) is -4.15. The van der Waals surface area contributed by atoms with Crippen molar-refractivity contribution in [2.75, 3.05) is 12.9 Å². The van der Waals surface area contributed by atoms with Crippen LogP contribution in [0.1, 0.15) is 27.2 Å². The minimum absolute atomic E-state index is 0. The van der Waals surface area contributed by atoms with E-state index in [4.69, 9.17) is 28.9 Å². The monoisotopic (exact) mass is 465 g/mol. The largest absolute Gasteiger partial charge is 1.00 e. The molecule has 2 rings (SSSR count). The maximum absolute atomic E-state index is 11.1. The Morgan fingerprint density at radius 3 is 2.46 bits per heavy atom. The molecular formula is C12H21Na2O8P2S2+. The molecule has 0 saturated carbocycles. The second kappa shape index (κ2) is 14.8. The molecule has 1 aromatic carbocycles.